The maximum absolute atomic E-state index is 13.4. The smallest absolute Gasteiger partial charge is 0.128 e. The van der Waals surface area contributed by atoms with E-state index < -0.39 is 11.6 Å². The number of nitrogens with one attached hydrogen (secondary N) is 4. The number of hydrogen-bond donors (Lipinski definition) is 5. The summed E-state index contributed by atoms with van der Waals surface area (Å²) in [7, 11) is 0. The van der Waals surface area contributed by atoms with Gasteiger partial charge in [0.2, 0.25) is 0 Å². The highest BCUT2D eigenvalue weighted by Crippen LogP contribution is 2.31. The molecule has 0 radical (unpaired) electrons. The summed E-state index contributed by atoms with van der Waals surface area (Å²) in [6.45, 7) is 19.5. The van der Waals surface area contributed by atoms with Crippen LogP contribution in [0, 0.1) is 47.1 Å². The third-order valence-electron chi connectivity index (χ3n) is 24.6. The van der Waals surface area contributed by atoms with Gasteiger partial charge in [-0.05, 0) is 339 Å². The van der Waals surface area contributed by atoms with E-state index >= 15 is 0 Å². The van der Waals surface area contributed by atoms with Crippen LogP contribution < -0.4 is 21.3 Å². The largest absolute Gasteiger partial charge is 0.508 e. The van der Waals surface area contributed by atoms with Gasteiger partial charge in [-0.25, -0.2) is 48.7 Å². The minimum Gasteiger partial charge on any atom is -0.508 e. The summed E-state index contributed by atoms with van der Waals surface area (Å²) in [4.78, 5) is 41.1. The third-order valence-corrected chi connectivity index (χ3v) is 26.1. The van der Waals surface area contributed by atoms with E-state index in [1.54, 1.807) is 18.3 Å². The fraction of sp³-hybridized carbons (Fsp3) is 0.404. The third kappa shape index (κ3) is 29.9. The molecule has 0 bridgehead atoms. The summed E-state index contributed by atoms with van der Waals surface area (Å²) in [5.41, 5.74) is 17.4. The van der Waals surface area contributed by atoms with Crippen molar-refractivity contribution in [3.8, 4) is 50.8 Å². The molecule has 4 aliphatic heterocycles. The van der Waals surface area contributed by atoms with Crippen molar-refractivity contribution in [3.63, 3.8) is 0 Å². The Balaban J connectivity index is 0.000000140. The van der Waals surface area contributed by atoms with Crippen LogP contribution in [0.3, 0.4) is 0 Å². The van der Waals surface area contributed by atoms with Gasteiger partial charge in [0, 0.05) is 108 Å². The molecule has 14 nitrogen and oxygen atoms in total. The van der Waals surface area contributed by atoms with Gasteiger partial charge in [-0.15, -0.1) is 11.3 Å². The van der Waals surface area contributed by atoms with Crippen LogP contribution in [0.15, 0.2) is 235 Å². The molecule has 9 heterocycles. The molecule has 4 aliphatic rings. The lowest BCUT2D eigenvalue weighted by Gasteiger charge is -2.29. The topological polar surface area (TPSA) is 175 Å². The number of benzene rings is 7. The first-order chi connectivity index (χ1) is 59.8. The first-order valence-electron chi connectivity index (χ1n) is 45.0. The van der Waals surface area contributed by atoms with Crippen molar-refractivity contribution in [2.24, 2.45) is 35.5 Å². The molecule has 0 unspecified atom stereocenters. The highest BCUT2D eigenvalue weighted by molar-refractivity contribution is 9.10. The quantitative estimate of drug-likeness (QED) is 0.0278. The molecule has 0 saturated carbocycles. The zero-order valence-corrected chi connectivity index (χ0v) is 74.2. The van der Waals surface area contributed by atoms with E-state index in [0.717, 1.165) is 240 Å². The van der Waals surface area contributed by atoms with Crippen molar-refractivity contribution >= 4 is 27.3 Å². The van der Waals surface area contributed by atoms with E-state index in [1.807, 2.05) is 66.3 Å². The van der Waals surface area contributed by atoms with Gasteiger partial charge in [0.15, 0.2) is 0 Å². The molecule has 638 valence electrons. The highest BCUT2D eigenvalue weighted by Gasteiger charge is 2.24. The molecule has 0 amide bonds. The van der Waals surface area contributed by atoms with E-state index in [4.69, 9.17) is 19.9 Å². The Kier molecular flexibility index (Phi) is 35.9. The number of piperidine rings is 3. The summed E-state index contributed by atoms with van der Waals surface area (Å²) < 4.78 is 27.9. The van der Waals surface area contributed by atoms with Gasteiger partial charge in [0.25, 0.3) is 0 Å². The molecule has 5 aromatic heterocycles. The lowest BCUT2D eigenvalue weighted by Crippen LogP contribution is -2.35. The van der Waals surface area contributed by atoms with Gasteiger partial charge < -0.3 is 26.4 Å². The fourth-order valence-corrected chi connectivity index (χ4v) is 18.4. The van der Waals surface area contributed by atoms with Crippen LogP contribution in [-0.2, 0) is 77.2 Å². The molecule has 18 heteroatoms. The normalized spacial score (nSPS) is 18.0. The van der Waals surface area contributed by atoms with Crippen molar-refractivity contribution in [3.05, 3.63) is 314 Å². The summed E-state index contributed by atoms with van der Waals surface area (Å²) in [5.74, 6) is 7.50. The molecular formula is C104H124BrF2N13OS. The number of aromatic nitrogens is 8. The molecule has 122 heavy (non-hydrogen) atoms. The van der Waals surface area contributed by atoms with Crippen LogP contribution in [0.5, 0.6) is 5.75 Å². The lowest BCUT2D eigenvalue weighted by molar-refractivity contribution is 0.259. The van der Waals surface area contributed by atoms with E-state index in [9.17, 15) is 13.9 Å². The summed E-state index contributed by atoms with van der Waals surface area (Å²) in [6.07, 6.45) is 30.6. The Hall–Kier alpha value is -9.50. The Morgan fingerprint density at radius 2 is 0.770 bits per heavy atom. The summed E-state index contributed by atoms with van der Waals surface area (Å²) in [5, 5.41) is 25.5. The second kappa shape index (κ2) is 48.5. The molecule has 12 aromatic rings. The van der Waals surface area contributed by atoms with Crippen molar-refractivity contribution in [1.29, 1.82) is 0 Å². The highest BCUT2D eigenvalue weighted by atomic mass is 79.9. The van der Waals surface area contributed by atoms with Gasteiger partial charge in [-0.3, -0.25) is 4.90 Å². The zero-order chi connectivity index (χ0) is 84.3. The number of phenolic OH excluding ortho intramolecular Hbond substituents is 1. The zero-order valence-electron chi connectivity index (χ0n) is 71.8. The lowest BCUT2D eigenvalue weighted by atomic mass is 9.83. The van der Waals surface area contributed by atoms with Crippen molar-refractivity contribution < 1.29 is 13.9 Å². The first kappa shape index (κ1) is 90.2. The number of aryl methyl sites for hydroxylation is 11. The second-order valence-corrected chi connectivity index (χ2v) is 35.9. The monoisotopic (exact) mass is 1720 g/mol. The van der Waals surface area contributed by atoms with Crippen molar-refractivity contribution in [2.75, 3.05) is 65.4 Å². The predicted molar refractivity (Wildman–Crippen MR) is 499 cm³/mol. The number of phenols is 1. The van der Waals surface area contributed by atoms with Gasteiger partial charge in [-0.1, -0.05) is 140 Å². The van der Waals surface area contributed by atoms with Crippen molar-refractivity contribution in [1.82, 2.24) is 66.0 Å². The number of thiophene rings is 1. The van der Waals surface area contributed by atoms with Crippen LogP contribution in [0.25, 0.3) is 45.0 Å². The van der Waals surface area contributed by atoms with E-state index in [2.05, 4.69) is 222 Å². The molecule has 7 aromatic carbocycles. The number of halogens is 3. The minimum absolute atomic E-state index is 0.312. The first-order valence-corrected chi connectivity index (χ1v) is 46.6. The Morgan fingerprint density at radius 1 is 0.377 bits per heavy atom. The van der Waals surface area contributed by atoms with Crippen LogP contribution in [0.4, 0.5) is 8.78 Å². The average molecular weight is 1720 g/mol. The Bertz CT molecular complexity index is 4930. The van der Waals surface area contributed by atoms with Gasteiger partial charge in [0.05, 0.1) is 22.8 Å². The fourth-order valence-electron chi connectivity index (χ4n) is 17.4. The SMILES string of the molecule is C[C@H]1CNCC[C@H]1CCc1cccc(-c2ccnc(CCCc3cc(F)cc(F)c3)n2)c1.C[C@H]1CNCC[C@H]1CCc1cccc(-c2ccnc(CCCc3ccc(Br)cc3)n2)c1.C[C@H]1CNCC[C@H]1CCc1cccc(-c2ccnc(CCCc3ccc(O)cc3)n2)c1.c1cc(CN2CCCNCC2)cc(-c2ccnc(CCCc3cccs3)n2)c1. The van der Waals surface area contributed by atoms with Gasteiger partial charge >= 0.3 is 0 Å². The maximum atomic E-state index is 13.4. The molecule has 4 fully saturated rings. The van der Waals surface area contributed by atoms with Crippen LogP contribution >= 0.6 is 27.3 Å². The molecule has 0 spiro atoms. The van der Waals surface area contributed by atoms with Crippen LogP contribution in [0.1, 0.15) is 159 Å². The molecule has 16 rings (SSSR count). The Labute approximate surface area is 736 Å². The molecule has 5 N–H and O–H groups in total. The summed E-state index contributed by atoms with van der Waals surface area (Å²) >= 11 is 5.32. The van der Waals surface area contributed by atoms with Crippen LogP contribution in [0.2, 0.25) is 0 Å². The van der Waals surface area contributed by atoms with Crippen LogP contribution in [-0.4, -0.2) is 115 Å². The molecule has 0 aliphatic carbocycles. The number of rotatable bonds is 31. The number of nitrogens with zero attached hydrogens (tertiary/aromatic N) is 9. The second-order valence-electron chi connectivity index (χ2n) is 34.0. The minimum atomic E-state index is -0.534. The predicted octanol–water partition coefficient (Wildman–Crippen LogP) is 21.4. The molecule has 4 saturated heterocycles. The molecular weight excluding hydrogens is 1600 g/mol. The van der Waals surface area contributed by atoms with E-state index in [0.29, 0.717) is 24.2 Å². The number of aromatic hydroxyl groups is 1. The van der Waals surface area contributed by atoms with Gasteiger partial charge in [0.1, 0.15) is 40.7 Å². The van der Waals surface area contributed by atoms with Gasteiger partial charge in [-0.2, -0.15) is 0 Å². The maximum Gasteiger partial charge on any atom is 0.128 e. The molecule has 6 atom stereocenters. The summed E-state index contributed by atoms with van der Waals surface area (Å²) in [6, 6.07) is 67.2. The standard InChI is InChI=1S/C27H32BrN3.C27H31F2N3.C27H33N3O.C23H28N4S/c1-20-19-29-16-14-23(20)11-8-22-5-2-6-24(18-22)26-15-17-30-27(31-26)7-3-4-21-9-12-25(28)13-10-21;1-19-18-30-12-10-22(19)9-8-20-4-2-6-23(14-20)26-11-13-31-27(32-26)7-3-5-21-15-24(28)17-25(29)16-21;1-20-19-28-16-14-23(20)11-8-22-5-2-6-24(18-22)26-15-17-29-27(30-26)7-3-4-21-9-12-25(31)13-10-21;1-5-19(18-27-14-4-11-24-13-15-27)17-20(6-1)22-10-12-25-23(26-22)9-2-7-21-8-3-16-28-21/h2,5-6,9-10,12-13,15,17-18,20,23,29H,3-4,7-8,11,14,16,19H2,1H3;2,4,6,11,13-17,19,22,30H,3,5,7-10,12,18H2,1H3;2,5-6,9-10,12-13,15,17-18,20,23,28,31H,3-4,7-8,11,14,16,19H2,1H3;1,3,5-6,8,10,12,16-17,24H,2,4,7,9,11,13-15,18H2/t20-,23+;19-,22+;20-,23+;/m000./s1. The van der Waals surface area contributed by atoms with E-state index in [-0.39, 0.29) is 0 Å². The number of hydrogen-bond acceptors (Lipinski definition) is 15. The van der Waals surface area contributed by atoms with Crippen molar-refractivity contribution in [2.45, 2.75) is 169 Å². The average Bonchev–Trinajstić information content (AvgIpc) is 0.938. The Morgan fingerprint density at radius 3 is 1.18 bits per heavy atom. The van der Waals surface area contributed by atoms with E-state index in [1.165, 1.54) is 125 Å².